The van der Waals surface area contributed by atoms with E-state index in [1.165, 1.54) is 41.0 Å². The first kappa shape index (κ1) is 17.9. The van der Waals surface area contributed by atoms with Crippen LogP contribution in [0.3, 0.4) is 0 Å². The van der Waals surface area contributed by atoms with Crippen LogP contribution in [-0.2, 0) is 14.8 Å². The smallest absolute Gasteiger partial charge is 0.256 e. The number of thiophene rings is 1. The van der Waals surface area contributed by atoms with Crippen molar-refractivity contribution in [3.05, 3.63) is 40.6 Å². The second-order valence-corrected chi connectivity index (χ2v) is 8.06. The van der Waals surface area contributed by atoms with E-state index in [1.807, 2.05) is 0 Å². The fourth-order valence-corrected chi connectivity index (χ4v) is 4.54. The molecule has 9 heteroatoms. The molecule has 1 amide bonds. The molecule has 1 aliphatic rings. The number of amides is 1. The molecule has 1 N–H and O–H groups in total. The van der Waals surface area contributed by atoms with Crippen molar-refractivity contribution < 1.29 is 22.7 Å². The van der Waals surface area contributed by atoms with E-state index in [2.05, 4.69) is 5.32 Å². The van der Waals surface area contributed by atoms with Crippen LogP contribution in [0.5, 0.6) is 5.75 Å². The molecular weight excluding hydrogens is 364 g/mol. The summed E-state index contributed by atoms with van der Waals surface area (Å²) in [6.07, 6.45) is 0. The molecule has 2 aromatic rings. The Hall–Kier alpha value is -1.94. The quantitative estimate of drug-likeness (QED) is 0.855. The number of sulfonamides is 1. The Bertz CT molecular complexity index is 843. The Morgan fingerprint density at radius 2 is 2.04 bits per heavy atom. The molecule has 0 aliphatic carbocycles. The summed E-state index contributed by atoms with van der Waals surface area (Å²) in [4.78, 5) is 12.4. The highest BCUT2D eigenvalue weighted by Crippen LogP contribution is 2.29. The van der Waals surface area contributed by atoms with Crippen LogP contribution in [0.4, 0.5) is 5.69 Å². The molecule has 1 fully saturated rings. The predicted octanol–water partition coefficient (Wildman–Crippen LogP) is 2.03. The summed E-state index contributed by atoms with van der Waals surface area (Å²) in [5.74, 6) is 0.0741. The SMILES string of the molecule is COc1ccc(S(=O)(=O)N2CCOCC2)cc1NC(=O)c1ccsc1. The number of nitrogens with one attached hydrogen (secondary N) is 1. The van der Waals surface area contributed by atoms with Crippen LogP contribution < -0.4 is 10.1 Å². The van der Waals surface area contributed by atoms with E-state index in [1.54, 1.807) is 16.8 Å². The van der Waals surface area contributed by atoms with Crippen molar-refractivity contribution in [3.8, 4) is 5.75 Å². The third kappa shape index (κ3) is 3.84. The molecular formula is C16H18N2O5S2. The van der Waals surface area contributed by atoms with Crippen LogP contribution in [0.25, 0.3) is 0 Å². The highest BCUT2D eigenvalue weighted by atomic mass is 32.2. The topological polar surface area (TPSA) is 84.9 Å². The van der Waals surface area contributed by atoms with Crippen LogP contribution in [0.2, 0.25) is 0 Å². The van der Waals surface area contributed by atoms with Crippen LogP contribution in [0.15, 0.2) is 39.9 Å². The van der Waals surface area contributed by atoms with E-state index >= 15 is 0 Å². The van der Waals surface area contributed by atoms with Crippen molar-refractivity contribution in [1.82, 2.24) is 4.31 Å². The minimum Gasteiger partial charge on any atom is -0.495 e. The number of methoxy groups -OCH3 is 1. The summed E-state index contributed by atoms with van der Waals surface area (Å²) in [5, 5.41) is 6.23. The third-order valence-corrected chi connectivity index (χ3v) is 6.39. The molecule has 134 valence electrons. The second kappa shape index (κ2) is 7.52. The van der Waals surface area contributed by atoms with Crippen molar-refractivity contribution in [2.45, 2.75) is 4.90 Å². The molecule has 1 aliphatic heterocycles. The predicted molar refractivity (Wildman–Crippen MR) is 94.8 cm³/mol. The van der Waals surface area contributed by atoms with Gasteiger partial charge < -0.3 is 14.8 Å². The normalized spacial score (nSPS) is 15.7. The van der Waals surface area contributed by atoms with Gasteiger partial charge in [0.2, 0.25) is 10.0 Å². The van der Waals surface area contributed by atoms with E-state index in [-0.39, 0.29) is 10.8 Å². The van der Waals surface area contributed by atoms with Gasteiger partial charge in [-0.05, 0) is 29.6 Å². The third-order valence-electron chi connectivity index (χ3n) is 3.81. The Morgan fingerprint density at radius 3 is 2.68 bits per heavy atom. The molecule has 1 aromatic carbocycles. The van der Waals surface area contributed by atoms with Gasteiger partial charge in [0.25, 0.3) is 5.91 Å². The zero-order valence-corrected chi connectivity index (χ0v) is 15.2. The summed E-state index contributed by atoms with van der Waals surface area (Å²) in [6, 6.07) is 6.13. The highest BCUT2D eigenvalue weighted by molar-refractivity contribution is 7.89. The lowest BCUT2D eigenvalue weighted by Gasteiger charge is -2.26. The number of benzene rings is 1. The standard InChI is InChI=1S/C16H18N2O5S2/c1-22-15-3-2-13(25(20,21)18-5-7-23-8-6-18)10-14(15)17-16(19)12-4-9-24-11-12/h2-4,9-11H,5-8H2,1H3,(H,17,19). The second-order valence-electron chi connectivity index (χ2n) is 5.34. The fraction of sp³-hybridized carbons (Fsp3) is 0.312. The van der Waals surface area contributed by atoms with Crippen LogP contribution in [0.1, 0.15) is 10.4 Å². The molecule has 2 heterocycles. The fourth-order valence-electron chi connectivity index (χ4n) is 2.47. The molecule has 0 radical (unpaired) electrons. The number of carbonyl (C=O) groups is 1. The van der Waals surface area contributed by atoms with Crippen molar-refractivity contribution in [3.63, 3.8) is 0 Å². The zero-order valence-electron chi connectivity index (χ0n) is 13.6. The molecule has 25 heavy (non-hydrogen) atoms. The van der Waals surface area contributed by atoms with Gasteiger partial charge in [0.15, 0.2) is 0 Å². The zero-order chi connectivity index (χ0) is 17.9. The Labute approximate surface area is 150 Å². The maximum Gasteiger partial charge on any atom is 0.256 e. The average Bonchev–Trinajstić information content (AvgIpc) is 3.17. The van der Waals surface area contributed by atoms with Crippen molar-refractivity contribution in [1.29, 1.82) is 0 Å². The number of anilines is 1. The van der Waals surface area contributed by atoms with Crippen molar-refractivity contribution in [2.24, 2.45) is 0 Å². The number of hydrogen-bond donors (Lipinski definition) is 1. The first-order valence-corrected chi connectivity index (χ1v) is 10.00. The average molecular weight is 382 g/mol. The van der Waals surface area contributed by atoms with Gasteiger partial charge in [-0.25, -0.2) is 8.42 Å². The Balaban J connectivity index is 1.90. The highest BCUT2D eigenvalue weighted by Gasteiger charge is 2.27. The van der Waals surface area contributed by atoms with Gasteiger partial charge in [0.1, 0.15) is 5.75 Å². The summed E-state index contributed by atoms with van der Waals surface area (Å²) in [5.41, 5.74) is 0.821. The molecule has 1 aromatic heterocycles. The monoisotopic (exact) mass is 382 g/mol. The first-order valence-electron chi connectivity index (χ1n) is 7.62. The number of morpholine rings is 1. The van der Waals surface area contributed by atoms with Gasteiger partial charge in [-0.3, -0.25) is 4.79 Å². The van der Waals surface area contributed by atoms with E-state index in [4.69, 9.17) is 9.47 Å². The van der Waals surface area contributed by atoms with Gasteiger partial charge >= 0.3 is 0 Å². The number of ether oxygens (including phenoxy) is 2. The lowest BCUT2D eigenvalue weighted by atomic mass is 10.2. The minimum absolute atomic E-state index is 0.107. The summed E-state index contributed by atoms with van der Waals surface area (Å²) in [6.45, 7) is 1.37. The van der Waals surface area contributed by atoms with E-state index < -0.39 is 10.0 Å². The summed E-state index contributed by atoms with van der Waals surface area (Å²) < 4.78 is 37.4. The van der Waals surface area contributed by atoms with Gasteiger partial charge in [-0.15, -0.1) is 0 Å². The van der Waals surface area contributed by atoms with Crippen LogP contribution in [0, 0.1) is 0 Å². The molecule has 0 atom stereocenters. The Kier molecular flexibility index (Phi) is 5.38. The van der Waals surface area contributed by atoms with Crippen molar-refractivity contribution >= 4 is 33.0 Å². The largest absolute Gasteiger partial charge is 0.495 e. The molecule has 3 rings (SSSR count). The van der Waals surface area contributed by atoms with Crippen LogP contribution in [-0.4, -0.2) is 52.0 Å². The van der Waals surface area contributed by atoms with Gasteiger partial charge in [-0.2, -0.15) is 15.6 Å². The number of carbonyl (C=O) groups excluding carboxylic acids is 1. The van der Waals surface area contributed by atoms with E-state index in [0.29, 0.717) is 43.3 Å². The Morgan fingerprint density at radius 1 is 1.28 bits per heavy atom. The van der Waals surface area contributed by atoms with Crippen LogP contribution >= 0.6 is 11.3 Å². The molecule has 7 nitrogen and oxygen atoms in total. The van der Waals surface area contributed by atoms with E-state index in [0.717, 1.165) is 0 Å². The number of nitrogens with zero attached hydrogens (tertiary/aromatic N) is 1. The van der Waals surface area contributed by atoms with Gasteiger partial charge in [-0.1, -0.05) is 0 Å². The lowest BCUT2D eigenvalue weighted by molar-refractivity contribution is 0.0730. The number of hydrogen-bond acceptors (Lipinski definition) is 6. The maximum atomic E-state index is 12.8. The summed E-state index contributed by atoms with van der Waals surface area (Å²) in [7, 11) is -2.19. The van der Waals surface area contributed by atoms with Crippen molar-refractivity contribution in [2.75, 3.05) is 38.7 Å². The molecule has 0 saturated carbocycles. The first-order chi connectivity index (χ1) is 12.0. The lowest BCUT2D eigenvalue weighted by Crippen LogP contribution is -2.40. The van der Waals surface area contributed by atoms with E-state index in [9.17, 15) is 13.2 Å². The molecule has 0 spiro atoms. The summed E-state index contributed by atoms with van der Waals surface area (Å²) >= 11 is 1.41. The molecule has 0 unspecified atom stereocenters. The van der Waals surface area contributed by atoms with Gasteiger partial charge in [0.05, 0.1) is 36.5 Å². The molecule has 0 bridgehead atoms. The maximum absolute atomic E-state index is 12.8. The molecule has 1 saturated heterocycles. The minimum atomic E-state index is -3.65. The van der Waals surface area contributed by atoms with Gasteiger partial charge in [0, 0.05) is 18.5 Å². The number of rotatable bonds is 5.